The molecule has 0 unspecified atom stereocenters. The molecule has 0 saturated carbocycles. The second kappa shape index (κ2) is 9.53. The van der Waals surface area contributed by atoms with Crippen molar-refractivity contribution in [2.24, 2.45) is 0 Å². The molecule has 7 heteroatoms. The molecule has 2 aromatic carbocycles. The van der Waals surface area contributed by atoms with Crippen LogP contribution in [0, 0.1) is 0 Å². The zero-order chi connectivity index (χ0) is 18.9. The first-order valence-corrected chi connectivity index (χ1v) is 8.57. The van der Waals surface area contributed by atoms with E-state index in [9.17, 15) is 9.59 Å². The van der Waals surface area contributed by atoms with E-state index in [0.717, 1.165) is 0 Å². The van der Waals surface area contributed by atoms with Crippen LogP contribution in [0.3, 0.4) is 0 Å². The molecule has 0 bridgehead atoms. The molecule has 2 rings (SSSR count). The van der Waals surface area contributed by atoms with Gasteiger partial charge in [0.2, 0.25) is 0 Å². The molecule has 0 aromatic heterocycles. The zero-order valence-electron chi connectivity index (χ0n) is 14.6. The summed E-state index contributed by atoms with van der Waals surface area (Å²) in [6.07, 6.45) is 0. The van der Waals surface area contributed by atoms with Crippen LogP contribution in [-0.2, 0) is 9.47 Å². The molecule has 0 atom stereocenters. The summed E-state index contributed by atoms with van der Waals surface area (Å²) in [4.78, 5) is 23.6. The van der Waals surface area contributed by atoms with Crippen molar-refractivity contribution in [3.63, 3.8) is 0 Å². The van der Waals surface area contributed by atoms with Crippen molar-refractivity contribution in [2.45, 2.75) is 13.8 Å². The number of rotatable bonds is 6. The summed E-state index contributed by atoms with van der Waals surface area (Å²) >= 11 is 5.29. The topological polar surface area (TPSA) is 76.7 Å². The Bertz CT molecular complexity index is 790. The van der Waals surface area contributed by atoms with E-state index in [2.05, 4.69) is 10.6 Å². The third-order valence-corrected chi connectivity index (χ3v) is 3.53. The Hall–Kier alpha value is -2.93. The van der Waals surface area contributed by atoms with Gasteiger partial charge in [-0.2, -0.15) is 0 Å². The number of nitrogens with one attached hydrogen (secondary N) is 2. The Morgan fingerprint density at radius 2 is 1.50 bits per heavy atom. The van der Waals surface area contributed by atoms with Crippen molar-refractivity contribution in [2.75, 3.05) is 23.8 Å². The van der Waals surface area contributed by atoms with Crippen molar-refractivity contribution in [1.29, 1.82) is 0 Å². The lowest BCUT2D eigenvalue weighted by atomic mass is 10.2. The molecule has 0 aliphatic carbocycles. The van der Waals surface area contributed by atoms with E-state index in [1.165, 1.54) is 0 Å². The van der Waals surface area contributed by atoms with Crippen molar-refractivity contribution in [3.05, 3.63) is 59.7 Å². The van der Waals surface area contributed by atoms with E-state index in [1.807, 2.05) is 0 Å². The molecular formula is C19H20N2O4S. The summed E-state index contributed by atoms with van der Waals surface area (Å²) < 4.78 is 9.98. The minimum absolute atomic E-state index is 0.294. The van der Waals surface area contributed by atoms with Crippen LogP contribution in [-0.4, -0.2) is 30.3 Å². The van der Waals surface area contributed by atoms with Gasteiger partial charge in [0.15, 0.2) is 5.11 Å². The third kappa shape index (κ3) is 5.29. The number of carbonyl (C=O) groups excluding carboxylic acids is 2. The van der Waals surface area contributed by atoms with Crippen LogP contribution < -0.4 is 10.6 Å². The van der Waals surface area contributed by atoms with Crippen molar-refractivity contribution in [1.82, 2.24) is 0 Å². The lowest BCUT2D eigenvalue weighted by Crippen LogP contribution is -2.21. The highest BCUT2D eigenvalue weighted by Gasteiger charge is 2.13. The van der Waals surface area contributed by atoms with Crippen LogP contribution in [0.2, 0.25) is 0 Å². The number of hydrogen-bond donors (Lipinski definition) is 2. The summed E-state index contributed by atoms with van der Waals surface area (Å²) in [6, 6.07) is 13.7. The molecule has 136 valence electrons. The number of ether oxygens (including phenoxy) is 2. The molecule has 0 aliphatic rings. The number of hydrogen-bond acceptors (Lipinski definition) is 5. The minimum atomic E-state index is -0.419. The maximum absolute atomic E-state index is 12.0. The molecule has 6 nitrogen and oxygen atoms in total. The Morgan fingerprint density at radius 3 is 2.15 bits per heavy atom. The molecule has 0 aliphatic heterocycles. The van der Waals surface area contributed by atoms with E-state index >= 15 is 0 Å². The van der Waals surface area contributed by atoms with Gasteiger partial charge in [-0.1, -0.05) is 12.1 Å². The van der Waals surface area contributed by atoms with Gasteiger partial charge in [-0.3, -0.25) is 0 Å². The molecule has 0 spiro atoms. The number of benzene rings is 2. The summed E-state index contributed by atoms with van der Waals surface area (Å²) in [7, 11) is 0. The van der Waals surface area contributed by atoms with Gasteiger partial charge in [-0.05, 0) is 62.5 Å². The Kier molecular flexibility index (Phi) is 7.11. The molecule has 0 fully saturated rings. The fourth-order valence-corrected chi connectivity index (χ4v) is 2.40. The fraction of sp³-hybridized carbons (Fsp3) is 0.211. The molecule has 0 amide bonds. The Balaban J connectivity index is 2.03. The van der Waals surface area contributed by atoms with Gasteiger partial charge in [-0.25, -0.2) is 9.59 Å². The molecular weight excluding hydrogens is 352 g/mol. The second-order valence-electron chi connectivity index (χ2n) is 5.14. The highest BCUT2D eigenvalue weighted by molar-refractivity contribution is 7.80. The van der Waals surface area contributed by atoms with Gasteiger partial charge < -0.3 is 20.1 Å². The predicted molar refractivity (Wildman–Crippen MR) is 105 cm³/mol. The van der Waals surface area contributed by atoms with E-state index in [0.29, 0.717) is 40.8 Å². The van der Waals surface area contributed by atoms with Crippen LogP contribution in [0.25, 0.3) is 0 Å². The molecule has 0 saturated heterocycles. The fourth-order valence-electron chi connectivity index (χ4n) is 2.17. The molecule has 0 radical (unpaired) electrons. The summed E-state index contributed by atoms with van der Waals surface area (Å²) in [5.41, 5.74) is 2.11. The van der Waals surface area contributed by atoms with Gasteiger partial charge in [0.25, 0.3) is 0 Å². The molecule has 26 heavy (non-hydrogen) atoms. The SMILES string of the molecule is CCOC(=O)c1ccc(NC(=S)Nc2ccccc2C(=O)OCC)cc1. The average molecular weight is 372 g/mol. The highest BCUT2D eigenvalue weighted by atomic mass is 32.1. The minimum Gasteiger partial charge on any atom is -0.462 e. The number of carbonyl (C=O) groups is 2. The standard InChI is InChI=1S/C19H20N2O4S/c1-3-24-17(22)13-9-11-14(12-10-13)20-19(26)21-16-8-6-5-7-15(16)18(23)25-4-2/h5-12H,3-4H2,1-2H3,(H2,20,21,26). The van der Waals surface area contributed by atoms with Crippen molar-refractivity contribution in [3.8, 4) is 0 Å². The molecule has 0 heterocycles. The normalized spacial score (nSPS) is 9.92. The lowest BCUT2D eigenvalue weighted by molar-refractivity contribution is 0.0517. The van der Waals surface area contributed by atoms with Crippen LogP contribution >= 0.6 is 12.2 Å². The van der Waals surface area contributed by atoms with Crippen LogP contribution in [0.5, 0.6) is 0 Å². The van der Waals surface area contributed by atoms with Gasteiger partial charge in [0.1, 0.15) is 0 Å². The number of anilines is 2. The van der Waals surface area contributed by atoms with E-state index in [-0.39, 0.29) is 5.97 Å². The van der Waals surface area contributed by atoms with Crippen LogP contribution in [0.1, 0.15) is 34.6 Å². The van der Waals surface area contributed by atoms with Gasteiger partial charge in [-0.15, -0.1) is 0 Å². The maximum Gasteiger partial charge on any atom is 0.340 e. The third-order valence-electron chi connectivity index (χ3n) is 3.32. The van der Waals surface area contributed by atoms with Crippen LogP contribution in [0.4, 0.5) is 11.4 Å². The summed E-state index contributed by atoms with van der Waals surface area (Å²) in [5, 5.41) is 6.30. The lowest BCUT2D eigenvalue weighted by Gasteiger charge is -2.13. The smallest absolute Gasteiger partial charge is 0.340 e. The Labute approximate surface area is 157 Å². The first-order valence-electron chi connectivity index (χ1n) is 8.16. The summed E-state index contributed by atoms with van der Waals surface area (Å²) in [6.45, 7) is 4.13. The van der Waals surface area contributed by atoms with Crippen molar-refractivity contribution >= 4 is 40.6 Å². The van der Waals surface area contributed by atoms with E-state index in [4.69, 9.17) is 21.7 Å². The average Bonchev–Trinajstić information content (AvgIpc) is 2.63. The maximum atomic E-state index is 12.0. The van der Waals surface area contributed by atoms with Crippen LogP contribution in [0.15, 0.2) is 48.5 Å². The van der Waals surface area contributed by atoms with Crippen molar-refractivity contribution < 1.29 is 19.1 Å². The van der Waals surface area contributed by atoms with E-state index < -0.39 is 5.97 Å². The second-order valence-corrected chi connectivity index (χ2v) is 5.55. The number of thiocarbonyl (C=S) groups is 1. The van der Waals surface area contributed by atoms with Gasteiger partial charge >= 0.3 is 11.9 Å². The van der Waals surface area contributed by atoms with Gasteiger partial charge in [0.05, 0.1) is 30.0 Å². The first-order chi connectivity index (χ1) is 12.5. The van der Waals surface area contributed by atoms with E-state index in [1.54, 1.807) is 62.4 Å². The predicted octanol–water partition coefficient (Wildman–Crippen LogP) is 3.85. The highest BCUT2D eigenvalue weighted by Crippen LogP contribution is 2.17. The monoisotopic (exact) mass is 372 g/mol. The molecule has 2 aromatic rings. The molecule has 2 N–H and O–H groups in total. The first kappa shape index (κ1) is 19.4. The quantitative estimate of drug-likeness (QED) is 0.589. The van der Waals surface area contributed by atoms with Gasteiger partial charge in [0, 0.05) is 5.69 Å². The largest absolute Gasteiger partial charge is 0.462 e. The Morgan fingerprint density at radius 1 is 0.885 bits per heavy atom. The summed E-state index contributed by atoms with van der Waals surface area (Å²) in [5.74, 6) is -0.791. The zero-order valence-corrected chi connectivity index (χ0v) is 15.4. The number of para-hydroxylation sites is 1. The number of esters is 2.